The van der Waals surface area contributed by atoms with Gasteiger partial charge in [0, 0.05) is 23.7 Å². The number of rotatable bonds is 8. The van der Waals surface area contributed by atoms with Crippen LogP contribution < -0.4 is 15.4 Å². The van der Waals surface area contributed by atoms with Crippen molar-refractivity contribution in [3.8, 4) is 17.0 Å². The predicted molar refractivity (Wildman–Crippen MR) is 157 cm³/mol. The van der Waals surface area contributed by atoms with E-state index in [2.05, 4.69) is 20.6 Å². The zero-order valence-corrected chi connectivity index (χ0v) is 23.4. The van der Waals surface area contributed by atoms with Crippen LogP contribution >= 0.6 is 0 Å². The normalized spacial score (nSPS) is 11.0. The molecule has 0 saturated heterocycles. The highest BCUT2D eigenvalue weighted by atomic mass is 16.6. The number of ether oxygens (including phenoxy) is 2. The highest BCUT2D eigenvalue weighted by Crippen LogP contribution is 2.26. The first-order valence-electron chi connectivity index (χ1n) is 13.1. The summed E-state index contributed by atoms with van der Waals surface area (Å²) in [5.41, 5.74) is 5.34. The second kappa shape index (κ2) is 12.4. The summed E-state index contributed by atoms with van der Waals surface area (Å²) in [7, 11) is 0. The number of carbonyl (C=O) groups excluding carboxylic acids is 2. The number of amides is 2. The first-order valence-corrected chi connectivity index (χ1v) is 13.1. The SMILES string of the molecule is Cc1ccc(-c2ccc(C)cc2C(=O)Nc2ccc(OCCc3cccc(NC(=O)OC(C)(C)C)n3)nc2)cc1. The monoisotopic (exact) mass is 538 g/mol. The number of nitrogens with one attached hydrogen (secondary N) is 2. The van der Waals surface area contributed by atoms with E-state index in [1.54, 1.807) is 45.2 Å². The van der Waals surface area contributed by atoms with Gasteiger partial charge in [0.25, 0.3) is 5.91 Å². The summed E-state index contributed by atoms with van der Waals surface area (Å²) in [5.74, 6) is 0.627. The first kappa shape index (κ1) is 28.3. The number of aryl methyl sites for hydroxylation is 2. The van der Waals surface area contributed by atoms with Crippen molar-refractivity contribution < 1.29 is 19.1 Å². The fourth-order valence-corrected chi connectivity index (χ4v) is 3.93. The van der Waals surface area contributed by atoms with Gasteiger partial charge in [-0.3, -0.25) is 10.1 Å². The highest BCUT2D eigenvalue weighted by molar-refractivity contribution is 6.08. The van der Waals surface area contributed by atoms with E-state index in [0.717, 1.165) is 27.9 Å². The van der Waals surface area contributed by atoms with Gasteiger partial charge in [-0.2, -0.15) is 0 Å². The van der Waals surface area contributed by atoms with Crippen LogP contribution in [0.15, 0.2) is 79.0 Å². The van der Waals surface area contributed by atoms with E-state index in [1.165, 1.54) is 0 Å². The molecule has 0 spiro atoms. The Morgan fingerprint density at radius 2 is 1.62 bits per heavy atom. The van der Waals surface area contributed by atoms with Crippen LogP contribution in [0, 0.1) is 13.8 Å². The Morgan fingerprint density at radius 1 is 0.875 bits per heavy atom. The van der Waals surface area contributed by atoms with Crippen molar-refractivity contribution in [1.82, 2.24) is 9.97 Å². The average molecular weight is 539 g/mol. The molecule has 4 aromatic rings. The van der Waals surface area contributed by atoms with Gasteiger partial charge >= 0.3 is 6.09 Å². The maximum absolute atomic E-state index is 13.2. The molecular formula is C32H34N4O4. The number of hydrogen-bond acceptors (Lipinski definition) is 6. The lowest BCUT2D eigenvalue weighted by molar-refractivity contribution is 0.0635. The van der Waals surface area contributed by atoms with E-state index in [1.807, 2.05) is 68.4 Å². The fraction of sp³-hybridized carbons (Fsp3) is 0.250. The van der Waals surface area contributed by atoms with Crippen LogP contribution in [0.4, 0.5) is 16.3 Å². The van der Waals surface area contributed by atoms with Gasteiger partial charge in [-0.1, -0.05) is 53.6 Å². The Balaban J connectivity index is 1.33. The minimum Gasteiger partial charge on any atom is -0.477 e. The summed E-state index contributed by atoms with van der Waals surface area (Å²) in [5, 5.41) is 5.58. The van der Waals surface area contributed by atoms with Crippen LogP contribution in [0.3, 0.4) is 0 Å². The van der Waals surface area contributed by atoms with Gasteiger partial charge in [-0.25, -0.2) is 14.8 Å². The van der Waals surface area contributed by atoms with Gasteiger partial charge in [0.1, 0.15) is 11.4 Å². The molecule has 0 aliphatic carbocycles. The van der Waals surface area contributed by atoms with Crippen molar-refractivity contribution in [2.24, 2.45) is 0 Å². The van der Waals surface area contributed by atoms with E-state index in [4.69, 9.17) is 9.47 Å². The largest absolute Gasteiger partial charge is 0.477 e. The van der Waals surface area contributed by atoms with Crippen LogP contribution in [-0.4, -0.2) is 34.2 Å². The molecule has 40 heavy (non-hydrogen) atoms. The summed E-state index contributed by atoms with van der Waals surface area (Å²) in [6.45, 7) is 9.74. The van der Waals surface area contributed by atoms with Crippen molar-refractivity contribution >= 4 is 23.5 Å². The molecule has 0 unspecified atom stereocenters. The lowest BCUT2D eigenvalue weighted by atomic mass is 9.96. The molecule has 0 fully saturated rings. The Morgan fingerprint density at radius 3 is 2.33 bits per heavy atom. The number of aromatic nitrogens is 2. The maximum atomic E-state index is 13.2. The molecule has 0 aliphatic rings. The smallest absolute Gasteiger partial charge is 0.413 e. The first-order chi connectivity index (χ1) is 19.1. The molecule has 2 N–H and O–H groups in total. The molecule has 8 heteroatoms. The number of anilines is 2. The third-order valence-electron chi connectivity index (χ3n) is 5.82. The summed E-state index contributed by atoms with van der Waals surface area (Å²) in [6.07, 6.45) is 1.52. The van der Waals surface area contributed by atoms with E-state index in [0.29, 0.717) is 36.0 Å². The van der Waals surface area contributed by atoms with Crippen LogP contribution in [0.2, 0.25) is 0 Å². The summed E-state index contributed by atoms with van der Waals surface area (Å²) >= 11 is 0. The molecule has 0 bridgehead atoms. The Kier molecular flexibility index (Phi) is 8.79. The van der Waals surface area contributed by atoms with Crippen molar-refractivity contribution in [3.63, 3.8) is 0 Å². The second-order valence-corrected chi connectivity index (χ2v) is 10.5. The zero-order chi connectivity index (χ0) is 28.7. The van der Waals surface area contributed by atoms with Gasteiger partial charge in [-0.05, 0) is 70.0 Å². The highest BCUT2D eigenvalue weighted by Gasteiger charge is 2.17. The van der Waals surface area contributed by atoms with E-state index < -0.39 is 11.7 Å². The topological polar surface area (TPSA) is 102 Å². The van der Waals surface area contributed by atoms with Crippen molar-refractivity contribution in [2.75, 3.05) is 17.2 Å². The lowest BCUT2D eigenvalue weighted by Crippen LogP contribution is -2.27. The molecule has 0 radical (unpaired) electrons. The third kappa shape index (κ3) is 8.14. The second-order valence-electron chi connectivity index (χ2n) is 10.5. The quantitative estimate of drug-likeness (QED) is 0.251. The van der Waals surface area contributed by atoms with Gasteiger partial charge in [-0.15, -0.1) is 0 Å². The molecule has 4 rings (SSSR count). The maximum Gasteiger partial charge on any atom is 0.413 e. The molecule has 2 aromatic carbocycles. The van der Waals surface area contributed by atoms with Crippen molar-refractivity contribution in [3.05, 3.63) is 101 Å². The van der Waals surface area contributed by atoms with Gasteiger partial charge in [0.15, 0.2) is 0 Å². The van der Waals surface area contributed by atoms with Crippen molar-refractivity contribution in [2.45, 2.75) is 46.6 Å². The fourth-order valence-electron chi connectivity index (χ4n) is 3.93. The van der Waals surface area contributed by atoms with E-state index >= 15 is 0 Å². The van der Waals surface area contributed by atoms with Gasteiger partial charge in [0.2, 0.25) is 5.88 Å². The molecule has 0 aliphatic heterocycles. The summed E-state index contributed by atoms with van der Waals surface area (Å²) in [6, 6.07) is 22.8. The number of pyridine rings is 2. The molecule has 206 valence electrons. The molecule has 0 saturated carbocycles. The van der Waals surface area contributed by atoms with Crippen molar-refractivity contribution in [1.29, 1.82) is 0 Å². The zero-order valence-electron chi connectivity index (χ0n) is 23.4. The van der Waals surface area contributed by atoms with Crippen LogP contribution in [0.1, 0.15) is 48.0 Å². The Hall–Kier alpha value is -4.72. The Bertz CT molecular complexity index is 1480. The molecule has 2 aromatic heterocycles. The molecule has 2 amide bonds. The molecule has 8 nitrogen and oxygen atoms in total. The predicted octanol–water partition coefficient (Wildman–Crippen LogP) is 6.98. The number of nitrogens with zero attached hydrogens (tertiary/aromatic N) is 2. The van der Waals surface area contributed by atoms with Crippen LogP contribution in [0.5, 0.6) is 5.88 Å². The number of carbonyl (C=O) groups is 2. The molecule has 0 atom stereocenters. The average Bonchev–Trinajstić information content (AvgIpc) is 2.89. The van der Waals surface area contributed by atoms with Crippen LogP contribution in [0.25, 0.3) is 11.1 Å². The third-order valence-corrected chi connectivity index (χ3v) is 5.82. The number of benzene rings is 2. The van der Waals surface area contributed by atoms with Crippen LogP contribution in [-0.2, 0) is 11.2 Å². The molecular weight excluding hydrogens is 504 g/mol. The summed E-state index contributed by atoms with van der Waals surface area (Å²) < 4.78 is 11.0. The minimum absolute atomic E-state index is 0.208. The number of hydrogen-bond donors (Lipinski definition) is 2. The van der Waals surface area contributed by atoms with Gasteiger partial charge in [0.05, 0.1) is 18.5 Å². The minimum atomic E-state index is -0.591. The standard InChI is InChI=1S/C32H34N4O4/c1-21-9-12-23(13-10-21)26-15-11-22(2)19-27(26)30(37)35-25-14-16-29(33-20-25)39-18-17-24-7-6-8-28(34-24)36-31(38)40-32(3,4)5/h6-16,19-20H,17-18H2,1-5H3,(H,35,37)(H,34,36,38). The van der Waals surface area contributed by atoms with E-state index in [9.17, 15) is 9.59 Å². The lowest BCUT2D eigenvalue weighted by Gasteiger charge is -2.19. The molecule has 2 heterocycles. The van der Waals surface area contributed by atoms with Gasteiger partial charge < -0.3 is 14.8 Å². The van der Waals surface area contributed by atoms with E-state index in [-0.39, 0.29) is 5.91 Å². The Labute approximate surface area is 234 Å². The summed E-state index contributed by atoms with van der Waals surface area (Å²) in [4.78, 5) is 33.9.